The van der Waals surface area contributed by atoms with E-state index in [4.69, 9.17) is 4.74 Å². The predicted octanol–water partition coefficient (Wildman–Crippen LogP) is 3.11. The first kappa shape index (κ1) is 16.9. The molecule has 3 nitrogen and oxygen atoms in total. The summed E-state index contributed by atoms with van der Waals surface area (Å²) < 4.78 is 5.79. The van der Waals surface area contributed by atoms with E-state index in [-0.39, 0.29) is 6.10 Å². The third kappa shape index (κ3) is 8.61. The minimum atomic E-state index is -0.372. The SMILES string of the molecule is CC(C)CCC(C)NCC(O)COC1CCCCC1. The molecular formula is C16H33NO2. The summed E-state index contributed by atoms with van der Waals surface area (Å²) in [4.78, 5) is 0. The molecule has 19 heavy (non-hydrogen) atoms. The van der Waals surface area contributed by atoms with Crippen LogP contribution in [0.3, 0.4) is 0 Å². The minimum Gasteiger partial charge on any atom is -0.389 e. The Bertz CT molecular complexity index is 215. The van der Waals surface area contributed by atoms with Gasteiger partial charge in [-0.05, 0) is 38.5 Å². The summed E-state index contributed by atoms with van der Waals surface area (Å²) in [6.45, 7) is 7.82. The van der Waals surface area contributed by atoms with Crippen LogP contribution < -0.4 is 5.32 Å². The zero-order valence-corrected chi connectivity index (χ0v) is 13.0. The summed E-state index contributed by atoms with van der Waals surface area (Å²) in [7, 11) is 0. The van der Waals surface area contributed by atoms with Gasteiger partial charge in [0.2, 0.25) is 0 Å². The smallest absolute Gasteiger partial charge is 0.0897 e. The van der Waals surface area contributed by atoms with Gasteiger partial charge in [0.15, 0.2) is 0 Å². The van der Waals surface area contributed by atoms with Crippen LogP contribution in [0.25, 0.3) is 0 Å². The third-order valence-corrected chi connectivity index (χ3v) is 3.96. The minimum absolute atomic E-state index is 0.372. The molecule has 0 saturated heterocycles. The molecule has 0 spiro atoms. The Labute approximate surface area is 119 Å². The number of aliphatic hydroxyl groups is 1. The molecule has 0 heterocycles. The van der Waals surface area contributed by atoms with Crippen molar-refractivity contribution in [3.8, 4) is 0 Å². The average Bonchev–Trinajstić information content (AvgIpc) is 2.41. The van der Waals surface area contributed by atoms with Crippen molar-refractivity contribution in [2.45, 2.75) is 84.0 Å². The molecule has 2 N–H and O–H groups in total. The molecule has 0 aliphatic heterocycles. The van der Waals surface area contributed by atoms with Crippen LogP contribution >= 0.6 is 0 Å². The van der Waals surface area contributed by atoms with Crippen molar-refractivity contribution in [3.05, 3.63) is 0 Å². The summed E-state index contributed by atoms with van der Waals surface area (Å²) >= 11 is 0. The second-order valence-electron chi connectivity index (χ2n) is 6.53. The summed E-state index contributed by atoms with van der Waals surface area (Å²) in [6, 6.07) is 0.478. The van der Waals surface area contributed by atoms with E-state index in [0.29, 0.717) is 25.3 Å². The normalized spacial score (nSPS) is 20.7. The molecule has 3 heteroatoms. The Balaban J connectivity index is 2.01. The van der Waals surface area contributed by atoms with Gasteiger partial charge in [-0.15, -0.1) is 0 Å². The van der Waals surface area contributed by atoms with E-state index in [2.05, 4.69) is 26.1 Å². The lowest BCUT2D eigenvalue weighted by molar-refractivity contribution is -0.0235. The summed E-state index contributed by atoms with van der Waals surface area (Å²) in [5.74, 6) is 0.754. The van der Waals surface area contributed by atoms with Crippen molar-refractivity contribution in [1.82, 2.24) is 5.32 Å². The largest absolute Gasteiger partial charge is 0.389 e. The monoisotopic (exact) mass is 271 g/mol. The number of hydrogen-bond acceptors (Lipinski definition) is 3. The molecular weight excluding hydrogens is 238 g/mol. The second-order valence-corrected chi connectivity index (χ2v) is 6.53. The maximum absolute atomic E-state index is 9.92. The number of hydrogen-bond donors (Lipinski definition) is 2. The van der Waals surface area contributed by atoms with Crippen molar-refractivity contribution >= 4 is 0 Å². The number of rotatable bonds is 9. The van der Waals surface area contributed by atoms with Crippen molar-refractivity contribution in [1.29, 1.82) is 0 Å². The van der Waals surface area contributed by atoms with E-state index in [1.807, 2.05) is 0 Å². The molecule has 0 aromatic heterocycles. The van der Waals surface area contributed by atoms with Gasteiger partial charge in [0.1, 0.15) is 0 Å². The van der Waals surface area contributed by atoms with Crippen LogP contribution in [0, 0.1) is 5.92 Å². The Morgan fingerprint density at radius 3 is 2.42 bits per heavy atom. The topological polar surface area (TPSA) is 41.5 Å². The van der Waals surface area contributed by atoms with E-state index in [9.17, 15) is 5.11 Å². The average molecular weight is 271 g/mol. The van der Waals surface area contributed by atoms with Crippen molar-refractivity contribution in [3.63, 3.8) is 0 Å². The van der Waals surface area contributed by atoms with Gasteiger partial charge in [0, 0.05) is 12.6 Å². The number of ether oxygens (including phenoxy) is 1. The lowest BCUT2D eigenvalue weighted by atomic mass is 9.98. The van der Waals surface area contributed by atoms with Gasteiger partial charge in [-0.25, -0.2) is 0 Å². The van der Waals surface area contributed by atoms with Gasteiger partial charge in [0.25, 0.3) is 0 Å². The molecule has 2 atom stereocenters. The molecule has 114 valence electrons. The highest BCUT2D eigenvalue weighted by Crippen LogP contribution is 2.20. The first-order valence-electron chi connectivity index (χ1n) is 8.11. The molecule has 1 rings (SSSR count). The first-order valence-corrected chi connectivity index (χ1v) is 8.11. The summed E-state index contributed by atoms with van der Waals surface area (Å²) in [5, 5.41) is 13.3. The van der Waals surface area contributed by atoms with Crippen LogP contribution in [-0.2, 0) is 4.74 Å². The molecule has 0 amide bonds. The predicted molar refractivity (Wildman–Crippen MR) is 80.4 cm³/mol. The van der Waals surface area contributed by atoms with Crippen LogP contribution in [0.4, 0.5) is 0 Å². The lowest BCUT2D eigenvalue weighted by Crippen LogP contribution is -2.37. The molecule has 2 unspecified atom stereocenters. The van der Waals surface area contributed by atoms with Gasteiger partial charge in [-0.2, -0.15) is 0 Å². The number of aliphatic hydroxyl groups excluding tert-OH is 1. The summed E-state index contributed by atoms with van der Waals surface area (Å²) in [5.41, 5.74) is 0. The van der Waals surface area contributed by atoms with E-state index in [1.54, 1.807) is 0 Å². The van der Waals surface area contributed by atoms with E-state index < -0.39 is 0 Å². The zero-order chi connectivity index (χ0) is 14.1. The lowest BCUT2D eigenvalue weighted by Gasteiger charge is -2.24. The van der Waals surface area contributed by atoms with Crippen LogP contribution in [0.1, 0.15) is 65.7 Å². The highest BCUT2D eigenvalue weighted by molar-refractivity contribution is 4.69. The van der Waals surface area contributed by atoms with E-state index in [1.165, 1.54) is 44.9 Å². The van der Waals surface area contributed by atoms with Gasteiger partial charge >= 0.3 is 0 Å². The molecule has 1 fully saturated rings. The number of nitrogens with one attached hydrogen (secondary N) is 1. The third-order valence-electron chi connectivity index (χ3n) is 3.96. The van der Waals surface area contributed by atoms with Gasteiger partial charge in [0.05, 0.1) is 18.8 Å². The van der Waals surface area contributed by atoms with Crippen LogP contribution in [0.5, 0.6) is 0 Å². The second kappa shape index (κ2) is 9.73. The van der Waals surface area contributed by atoms with E-state index in [0.717, 1.165) is 5.92 Å². The highest BCUT2D eigenvalue weighted by Gasteiger charge is 2.15. The van der Waals surface area contributed by atoms with Gasteiger partial charge < -0.3 is 15.2 Å². The quantitative estimate of drug-likeness (QED) is 0.677. The zero-order valence-electron chi connectivity index (χ0n) is 13.0. The fourth-order valence-electron chi connectivity index (χ4n) is 2.56. The Kier molecular flexibility index (Phi) is 8.67. The molecule has 1 saturated carbocycles. The van der Waals surface area contributed by atoms with E-state index >= 15 is 0 Å². The Hall–Kier alpha value is -0.120. The van der Waals surface area contributed by atoms with Crippen LogP contribution in [-0.4, -0.2) is 36.5 Å². The standard InChI is InChI=1S/C16H33NO2/c1-13(2)9-10-14(3)17-11-15(18)12-19-16-7-5-4-6-8-16/h13-18H,4-12H2,1-3H3. The Morgan fingerprint density at radius 1 is 1.11 bits per heavy atom. The van der Waals surface area contributed by atoms with Gasteiger partial charge in [-0.1, -0.05) is 33.1 Å². The molecule has 0 aromatic carbocycles. The first-order chi connectivity index (χ1) is 9.08. The van der Waals surface area contributed by atoms with Crippen molar-refractivity contribution in [2.75, 3.05) is 13.2 Å². The molecule has 0 radical (unpaired) electrons. The molecule has 0 bridgehead atoms. The summed E-state index contributed by atoms with van der Waals surface area (Å²) in [6.07, 6.45) is 8.69. The van der Waals surface area contributed by atoms with Crippen molar-refractivity contribution < 1.29 is 9.84 Å². The fourth-order valence-corrected chi connectivity index (χ4v) is 2.56. The maximum Gasteiger partial charge on any atom is 0.0897 e. The van der Waals surface area contributed by atoms with Gasteiger partial charge in [-0.3, -0.25) is 0 Å². The fraction of sp³-hybridized carbons (Fsp3) is 1.00. The Morgan fingerprint density at radius 2 is 1.79 bits per heavy atom. The molecule has 1 aliphatic rings. The van der Waals surface area contributed by atoms with Crippen molar-refractivity contribution in [2.24, 2.45) is 5.92 Å². The van der Waals surface area contributed by atoms with Crippen LogP contribution in [0.15, 0.2) is 0 Å². The van der Waals surface area contributed by atoms with Crippen LogP contribution in [0.2, 0.25) is 0 Å². The maximum atomic E-state index is 9.92. The molecule has 0 aromatic rings. The highest BCUT2D eigenvalue weighted by atomic mass is 16.5. The molecule has 1 aliphatic carbocycles.